The number of methoxy groups -OCH3 is 1. The Kier molecular flexibility index (Phi) is 4.12. The summed E-state index contributed by atoms with van der Waals surface area (Å²) in [5.41, 5.74) is 3.14. The molecule has 0 spiro atoms. The highest BCUT2D eigenvalue weighted by Gasteiger charge is 2.30. The fraction of sp³-hybridized carbons (Fsp3) is 0.562. The SMILES string of the molecule is CCNC1C(=O)Nc2cc(N3CCCC(OC)C3)ccc21. The van der Waals surface area contributed by atoms with Crippen LogP contribution in [0.2, 0.25) is 0 Å². The van der Waals surface area contributed by atoms with Gasteiger partial charge in [0.2, 0.25) is 5.91 Å². The van der Waals surface area contributed by atoms with Crippen molar-refractivity contribution in [2.75, 3.05) is 37.0 Å². The summed E-state index contributed by atoms with van der Waals surface area (Å²) in [5.74, 6) is 0.0393. The van der Waals surface area contributed by atoms with Crippen LogP contribution < -0.4 is 15.5 Å². The molecular weight excluding hydrogens is 266 g/mol. The first-order valence-corrected chi connectivity index (χ1v) is 7.69. The molecule has 2 atom stereocenters. The van der Waals surface area contributed by atoms with E-state index in [1.54, 1.807) is 7.11 Å². The van der Waals surface area contributed by atoms with E-state index in [9.17, 15) is 4.79 Å². The molecule has 2 unspecified atom stereocenters. The fourth-order valence-corrected chi connectivity index (χ4v) is 3.22. The number of piperidine rings is 1. The van der Waals surface area contributed by atoms with Crippen molar-refractivity contribution < 1.29 is 9.53 Å². The lowest BCUT2D eigenvalue weighted by Gasteiger charge is -2.33. The van der Waals surface area contributed by atoms with Crippen LogP contribution in [0, 0.1) is 0 Å². The number of hydrogen-bond donors (Lipinski definition) is 2. The number of likely N-dealkylation sites (N-methyl/N-ethyl adjacent to an activating group) is 1. The lowest BCUT2D eigenvalue weighted by Crippen LogP contribution is -2.39. The molecule has 0 aliphatic carbocycles. The third-order valence-electron chi connectivity index (χ3n) is 4.35. The van der Waals surface area contributed by atoms with Gasteiger partial charge < -0.3 is 20.3 Å². The Hall–Kier alpha value is -1.59. The summed E-state index contributed by atoms with van der Waals surface area (Å²) in [7, 11) is 1.78. The molecule has 0 saturated carbocycles. The standard InChI is InChI=1S/C16H23N3O2/c1-3-17-15-13-7-6-11(9-14(13)18-16(15)20)19-8-4-5-12(10-19)21-2/h6-7,9,12,15,17H,3-5,8,10H2,1-2H3,(H,18,20). The minimum Gasteiger partial charge on any atom is -0.380 e. The molecule has 1 aromatic carbocycles. The van der Waals surface area contributed by atoms with Crippen LogP contribution in [0.3, 0.4) is 0 Å². The van der Waals surface area contributed by atoms with Gasteiger partial charge in [0, 0.05) is 37.1 Å². The van der Waals surface area contributed by atoms with Crippen LogP contribution in [0.15, 0.2) is 18.2 Å². The summed E-state index contributed by atoms with van der Waals surface area (Å²) in [6, 6.07) is 6.04. The molecule has 5 nitrogen and oxygen atoms in total. The fourth-order valence-electron chi connectivity index (χ4n) is 3.22. The van der Waals surface area contributed by atoms with E-state index in [4.69, 9.17) is 4.74 Å². The summed E-state index contributed by atoms with van der Waals surface area (Å²) in [5, 5.41) is 6.20. The van der Waals surface area contributed by atoms with E-state index in [2.05, 4.69) is 33.7 Å². The second kappa shape index (κ2) is 6.03. The Morgan fingerprint density at radius 1 is 1.48 bits per heavy atom. The van der Waals surface area contributed by atoms with Gasteiger partial charge in [0.05, 0.1) is 6.10 Å². The van der Waals surface area contributed by atoms with Gasteiger partial charge in [-0.15, -0.1) is 0 Å². The van der Waals surface area contributed by atoms with Crippen LogP contribution in [0.5, 0.6) is 0 Å². The zero-order valence-electron chi connectivity index (χ0n) is 12.7. The molecule has 2 aliphatic rings. The number of rotatable bonds is 4. The number of anilines is 2. The Bertz CT molecular complexity index is 532. The number of benzene rings is 1. The largest absolute Gasteiger partial charge is 0.380 e. The molecule has 1 fully saturated rings. The van der Waals surface area contributed by atoms with Gasteiger partial charge in [-0.1, -0.05) is 13.0 Å². The predicted octanol–water partition coefficient (Wildman–Crippen LogP) is 1.90. The summed E-state index contributed by atoms with van der Waals surface area (Å²) < 4.78 is 5.48. The minimum absolute atomic E-state index is 0.0393. The average Bonchev–Trinajstić information content (AvgIpc) is 2.83. The second-order valence-corrected chi connectivity index (χ2v) is 5.70. The van der Waals surface area contributed by atoms with E-state index in [1.165, 1.54) is 0 Å². The normalized spacial score (nSPS) is 24.9. The third kappa shape index (κ3) is 2.76. The molecule has 114 valence electrons. The molecule has 2 N–H and O–H groups in total. The molecule has 1 aromatic rings. The lowest BCUT2D eigenvalue weighted by molar-refractivity contribution is -0.117. The summed E-state index contributed by atoms with van der Waals surface area (Å²) in [6.45, 7) is 4.75. The number of hydrogen-bond acceptors (Lipinski definition) is 4. The van der Waals surface area contributed by atoms with Crippen molar-refractivity contribution in [3.63, 3.8) is 0 Å². The maximum absolute atomic E-state index is 12.0. The molecule has 2 heterocycles. The van der Waals surface area contributed by atoms with Gasteiger partial charge in [-0.2, -0.15) is 0 Å². The molecule has 21 heavy (non-hydrogen) atoms. The summed E-state index contributed by atoms with van der Waals surface area (Å²) >= 11 is 0. The number of ether oxygens (including phenoxy) is 1. The van der Waals surface area contributed by atoms with E-state index in [0.29, 0.717) is 6.10 Å². The van der Waals surface area contributed by atoms with Crippen LogP contribution in [0.1, 0.15) is 31.4 Å². The van der Waals surface area contributed by atoms with Crippen LogP contribution in [0.25, 0.3) is 0 Å². The quantitative estimate of drug-likeness (QED) is 0.889. The Labute approximate surface area is 125 Å². The highest BCUT2D eigenvalue weighted by Crippen LogP contribution is 2.34. The first-order chi connectivity index (χ1) is 10.2. The van der Waals surface area contributed by atoms with Crippen LogP contribution in [-0.2, 0) is 9.53 Å². The van der Waals surface area contributed by atoms with E-state index in [0.717, 1.165) is 49.4 Å². The zero-order valence-corrected chi connectivity index (χ0v) is 12.7. The van der Waals surface area contributed by atoms with Gasteiger partial charge in [-0.25, -0.2) is 0 Å². The number of carbonyl (C=O) groups excluding carboxylic acids is 1. The van der Waals surface area contributed by atoms with Crippen molar-refractivity contribution >= 4 is 17.3 Å². The molecule has 5 heteroatoms. The molecule has 0 radical (unpaired) electrons. The van der Waals surface area contributed by atoms with Gasteiger partial charge in [0.25, 0.3) is 0 Å². The third-order valence-corrected chi connectivity index (χ3v) is 4.35. The minimum atomic E-state index is -0.216. The summed E-state index contributed by atoms with van der Waals surface area (Å²) in [6.07, 6.45) is 2.56. The first-order valence-electron chi connectivity index (χ1n) is 7.69. The van der Waals surface area contributed by atoms with Crippen molar-refractivity contribution in [1.29, 1.82) is 0 Å². The molecule has 1 amide bonds. The van der Waals surface area contributed by atoms with Gasteiger partial charge in [-0.05, 0) is 31.5 Å². The highest BCUT2D eigenvalue weighted by atomic mass is 16.5. The van der Waals surface area contributed by atoms with Crippen molar-refractivity contribution in [3.05, 3.63) is 23.8 Å². The van der Waals surface area contributed by atoms with Crippen molar-refractivity contribution in [2.24, 2.45) is 0 Å². The van der Waals surface area contributed by atoms with Gasteiger partial charge in [-0.3, -0.25) is 4.79 Å². The first kappa shape index (κ1) is 14.4. The average molecular weight is 289 g/mol. The molecule has 0 aromatic heterocycles. The number of nitrogens with zero attached hydrogens (tertiary/aromatic N) is 1. The van der Waals surface area contributed by atoms with Crippen molar-refractivity contribution in [3.8, 4) is 0 Å². The molecular formula is C16H23N3O2. The topological polar surface area (TPSA) is 53.6 Å². The monoisotopic (exact) mass is 289 g/mol. The predicted molar refractivity (Wildman–Crippen MR) is 83.7 cm³/mol. The molecule has 0 bridgehead atoms. The number of fused-ring (bicyclic) bond motifs is 1. The smallest absolute Gasteiger partial charge is 0.246 e. The number of nitrogens with one attached hydrogen (secondary N) is 2. The molecule has 3 rings (SSSR count). The Morgan fingerprint density at radius 3 is 3.10 bits per heavy atom. The highest BCUT2D eigenvalue weighted by molar-refractivity contribution is 6.03. The van der Waals surface area contributed by atoms with Crippen LogP contribution in [0.4, 0.5) is 11.4 Å². The van der Waals surface area contributed by atoms with E-state index < -0.39 is 0 Å². The Morgan fingerprint density at radius 2 is 2.33 bits per heavy atom. The zero-order chi connectivity index (χ0) is 14.8. The van der Waals surface area contributed by atoms with Crippen LogP contribution in [-0.4, -0.2) is 38.8 Å². The maximum Gasteiger partial charge on any atom is 0.246 e. The molecule has 2 aliphatic heterocycles. The molecule has 1 saturated heterocycles. The lowest BCUT2D eigenvalue weighted by atomic mass is 10.0. The maximum atomic E-state index is 12.0. The van der Waals surface area contributed by atoms with Crippen LogP contribution >= 0.6 is 0 Å². The Balaban J connectivity index is 1.81. The van der Waals surface area contributed by atoms with Gasteiger partial charge in [0.1, 0.15) is 6.04 Å². The van der Waals surface area contributed by atoms with E-state index >= 15 is 0 Å². The van der Waals surface area contributed by atoms with Gasteiger partial charge >= 0.3 is 0 Å². The second-order valence-electron chi connectivity index (χ2n) is 5.70. The van der Waals surface area contributed by atoms with Crippen molar-refractivity contribution in [1.82, 2.24) is 5.32 Å². The number of carbonyl (C=O) groups is 1. The van der Waals surface area contributed by atoms with E-state index in [-0.39, 0.29) is 11.9 Å². The van der Waals surface area contributed by atoms with Crippen molar-refractivity contribution in [2.45, 2.75) is 31.9 Å². The van der Waals surface area contributed by atoms with Gasteiger partial charge in [0.15, 0.2) is 0 Å². The van der Waals surface area contributed by atoms with E-state index in [1.807, 2.05) is 6.92 Å². The number of amides is 1. The summed E-state index contributed by atoms with van der Waals surface area (Å²) in [4.78, 5) is 14.3.